The van der Waals surface area contributed by atoms with Gasteiger partial charge in [0.25, 0.3) is 0 Å². The first-order valence-electron chi connectivity index (χ1n) is 5.26. The first-order chi connectivity index (χ1) is 7.63. The highest BCUT2D eigenvalue weighted by molar-refractivity contribution is 5.77. The first-order valence-corrected chi connectivity index (χ1v) is 5.26. The van der Waals surface area contributed by atoms with Crippen LogP contribution in [0.4, 0.5) is 4.39 Å². The molecule has 1 aromatic carbocycles. The maximum Gasteiger partial charge on any atom is 0.246 e. The molecule has 0 aliphatic carbocycles. The monoisotopic (exact) mass is 225 g/mol. The summed E-state index contributed by atoms with van der Waals surface area (Å²) in [6.07, 6.45) is 0. The number of ether oxygens (including phenoxy) is 1. The van der Waals surface area contributed by atoms with E-state index in [0.29, 0.717) is 6.61 Å². The lowest BCUT2D eigenvalue weighted by molar-refractivity contribution is -0.126. The molecule has 0 aliphatic heterocycles. The second kappa shape index (κ2) is 6.23. The summed E-state index contributed by atoms with van der Waals surface area (Å²) in [6, 6.07) is 5.91. The van der Waals surface area contributed by atoms with Crippen LogP contribution in [-0.2, 0) is 9.53 Å². The number of carbonyl (C=O) groups excluding carboxylic acids is 1. The third-order valence-corrected chi connectivity index (χ3v) is 2.18. The van der Waals surface area contributed by atoms with Crippen LogP contribution in [0.1, 0.15) is 25.5 Å². The molecule has 0 aliphatic rings. The van der Waals surface area contributed by atoms with Gasteiger partial charge in [0.15, 0.2) is 0 Å². The normalized spacial score (nSPS) is 12.2. The summed E-state index contributed by atoms with van der Waals surface area (Å²) in [4.78, 5) is 11.3. The zero-order valence-electron chi connectivity index (χ0n) is 9.50. The van der Waals surface area contributed by atoms with Gasteiger partial charge in [-0.2, -0.15) is 0 Å². The van der Waals surface area contributed by atoms with Gasteiger partial charge in [0.05, 0.1) is 6.04 Å². The van der Waals surface area contributed by atoms with E-state index in [0.717, 1.165) is 5.56 Å². The van der Waals surface area contributed by atoms with E-state index in [1.54, 1.807) is 12.1 Å². The predicted molar refractivity (Wildman–Crippen MR) is 59.5 cm³/mol. The molecule has 0 radical (unpaired) electrons. The molecule has 0 unspecified atom stereocenters. The minimum absolute atomic E-state index is 0.0576. The van der Waals surface area contributed by atoms with Gasteiger partial charge < -0.3 is 10.1 Å². The number of carbonyl (C=O) groups is 1. The quantitative estimate of drug-likeness (QED) is 0.832. The Balaban J connectivity index is 2.48. The van der Waals surface area contributed by atoms with Crippen molar-refractivity contribution in [2.75, 3.05) is 13.2 Å². The topological polar surface area (TPSA) is 38.3 Å². The molecule has 1 rings (SSSR count). The Morgan fingerprint density at radius 2 is 2.06 bits per heavy atom. The smallest absolute Gasteiger partial charge is 0.246 e. The summed E-state index contributed by atoms with van der Waals surface area (Å²) in [5.74, 6) is -0.449. The summed E-state index contributed by atoms with van der Waals surface area (Å²) >= 11 is 0. The van der Waals surface area contributed by atoms with Gasteiger partial charge in [-0.3, -0.25) is 4.79 Å². The largest absolute Gasteiger partial charge is 0.372 e. The van der Waals surface area contributed by atoms with E-state index in [1.807, 2.05) is 13.8 Å². The SMILES string of the molecule is CCOCC(=O)N[C@@H](C)c1ccc(F)cc1. The molecule has 0 aromatic heterocycles. The zero-order valence-corrected chi connectivity index (χ0v) is 9.50. The fourth-order valence-corrected chi connectivity index (χ4v) is 1.31. The highest BCUT2D eigenvalue weighted by atomic mass is 19.1. The minimum atomic E-state index is -0.281. The van der Waals surface area contributed by atoms with Crippen molar-refractivity contribution >= 4 is 5.91 Å². The Kier molecular flexibility index (Phi) is 4.92. The Labute approximate surface area is 94.6 Å². The van der Waals surface area contributed by atoms with Crippen molar-refractivity contribution in [3.63, 3.8) is 0 Å². The fraction of sp³-hybridized carbons (Fsp3) is 0.417. The van der Waals surface area contributed by atoms with Crippen molar-refractivity contribution in [3.8, 4) is 0 Å². The zero-order chi connectivity index (χ0) is 12.0. The highest BCUT2D eigenvalue weighted by Gasteiger charge is 2.09. The third kappa shape index (κ3) is 3.98. The first kappa shape index (κ1) is 12.6. The molecule has 0 spiro atoms. The molecular weight excluding hydrogens is 209 g/mol. The molecular formula is C12H16FNO2. The molecule has 0 fully saturated rings. The van der Waals surface area contributed by atoms with Gasteiger partial charge in [-0.15, -0.1) is 0 Å². The number of amides is 1. The van der Waals surface area contributed by atoms with E-state index < -0.39 is 0 Å². The molecule has 3 nitrogen and oxygen atoms in total. The van der Waals surface area contributed by atoms with E-state index in [-0.39, 0.29) is 24.4 Å². The molecule has 1 N–H and O–H groups in total. The fourth-order valence-electron chi connectivity index (χ4n) is 1.31. The molecule has 16 heavy (non-hydrogen) atoms. The summed E-state index contributed by atoms with van der Waals surface area (Å²) in [7, 11) is 0. The Bertz CT molecular complexity index is 337. The average Bonchev–Trinajstić information content (AvgIpc) is 2.27. The van der Waals surface area contributed by atoms with Crippen molar-refractivity contribution in [2.24, 2.45) is 0 Å². The maximum atomic E-state index is 12.7. The lowest BCUT2D eigenvalue weighted by Crippen LogP contribution is -2.30. The van der Waals surface area contributed by atoms with Gasteiger partial charge in [0.1, 0.15) is 12.4 Å². The second-order valence-electron chi connectivity index (χ2n) is 3.48. The number of rotatable bonds is 5. The predicted octanol–water partition coefficient (Wildman–Crippen LogP) is 2.04. The number of hydrogen-bond donors (Lipinski definition) is 1. The van der Waals surface area contributed by atoms with Gasteiger partial charge in [-0.05, 0) is 31.5 Å². The Morgan fingerprint density at radius 1 is 1.44 bits per heavy atom. The minimum Gasteiger partial charge on any atom is -0.372 e. The van der Waals surface area contributed by atoms with Crippen molar-refractivity contribution in [1.82, 2.24) is 5.32 Å². The Hall–Kier alpha value is -1.42. The molecule has 1 amide bonds. The second-order valence-corrected chi connectivity index (χ2v) is 3.48. The van der Waals surface area contributed by atoms with E-state index in [9.17, 15) is 9.18 Å². The van der Waals surface area contributed by atoms with Crippen molar-refractivity contribution < 1.29 is 13.9 Å². The van der Waals surface area contributed by atoms with Crippen LogP contribution in [0.3, 0.4) is 0 Å². The number of benzene rings is 1. The molecule has 0 saturated heterocycles. The summed E-state index contributed by atoms with van der Waals surface area (Å²) in [6.45, 7) is 4.24. The van der Waals surface area contributed by atoms with Crippen molar-refractivity contribution in [3.05, 3.63) is 35.6 Å². The number of hydrogen-bond acceptors (Lipinski definition) is 2. The lowest BCUT2D eigenvalue weighted by atomic mass is 10.1. The van der Waals surface area contributed by atoms with Gasteiger partial charge in [-0.25, -0.2) is 4.39 Å². The number of nitrogens with one attached hydrogen (secondary N) is 1. The molecule has 0 bridgehead atoms. The summed E-state index contributed by atoms with van der Waals surface area (Å²) < 4.78 is 17.7. The van der Waals surface area contributed by atoms with Crippen LogP contribution >= 0.6 is 0 Å². The average molecular weight is 225 g/mol. The molecule has 0 saturated carbocycles. The van der Waals surface area contributed by atoms with E-state index in [2.05, 4.69) is 5.32 Å². The van der Waals surface area contributed by atoms with Gasteiger partial charge in [0, 0.05) is 6.61 Å². The van der Waals surface area contributed by atoms with Crippen LogP contribution < -0.4 is 5.32 Å². The van der Waals surface area contributed by atoms with Gasteiger partial charge in [-0.1, -0.05) is 12.1 Å². The highest BCUT2D eigenvalue weighted by Crippen LogP contribution is 2.12. The molecule has 88 valence electrons. The van der Waals surface area contributed by atoms with Crippen LogP contribution in [0.25, 0.3) is 0 Å². The maximum absolute atomic E-state index is 12.7. The van der Waals surface area contributed by atoms with Crippen LogP contribution in [-0.4, -0.2) is 19.1 Å². The number of halogens is 1. The van der Waals surface area contributed by atoms with Gasteiger partial charge >= 0.3 is 0 Å². The lowest BCUT2D eigenvalue weighted by Gasteiger charge is -2.14. The summed E-state index contributed by atoms with van der Waals surface area (Å²) in [5, 5.41) is 2.76. The van der Waals surface area contributed by atoms with E-state index >= 15 is 0 Å². The van der Waals surface area contributed by atoms with Crippen LogP contribution in [0.5, 0.6) is 0 Å². The van der Waals surface area contributed by atoms with Crippen LogP contribution in [0.2, 0.25) is 0 Å². The van der Waals surface area contributed by atoms with Crippen LogP contribution in [0, 0.1) is 5.82 Å². The van der Waals surface area contributed by atoms with Crippen LogP contribution in [0.15, 0.2) is 24.3 Å². The Morgan fingerprint density at radius 3 is 2.62 bits per heavy atom. The van der Waals surface area contributed by atoms with E-state index in [4.69, 9.17) is 4.74 Å². The standard InChI is InChI=1S/C12H16FNO2/c1-3-16-8-12(15)14-9(2)10-4-6-11(13)7-5-10/h4-7,9H,3,8H2,1-2H3,(H,14,15)/t9-/m0/s1. The third-order valence-electron chi connectivity index (χ3n) is 2.18. The molecule has 1 aromatic rings. The molecule has 0 heterocycles. The van der Waals surface area contributed by atoms with E-state index in [1.165, 1.54) is 12.1 Å². The van der Waals surface area contributed by atoms with Gasteiger partial charge in [0.2, 0.25) is 5.91 Å². The molecule has 4 heteroatoms. The van der Waals surface area contributed by atoms with Crippen molar-refractivity contribution in [2.45, 2.75) is 19.9 Å². The van der Waals surface area contributed by atoms with Crippen molar-refractivity contribution in [1.29, 1.82) is 0 Å². The molecule has 1 atom stereocenters. The summed E-state index contributed by atoms with van der Waals surface area (Å²) in [5.41, 5.74) is 0.867.